The number of carbonyl (C=O) groups is 2. The molecule has 0 spiro atoms. The van der Waals surface area contributed by atoms with Crippen molar-refractivity contribution >= 4 is 45.7 Å². The third kappa shape index (κ3) is 4.29. The van der Waals surface area contributed by atoms with Crippen molar-refractivity contribution in [1.82, 2.24) is 4.98 Å². The molecule has 4 aliphatic carbocycles. The minimum atomic E-state index is -0.178. The topological polar surface area (TPSA) is 74.0 Å². The van der Waals surface area contributed by atoms with Crippen LogP contribution in [-0.2, 0) is 4.79 Å². The predicted octanol–water partition coefficient (Wildman–Crippen LogP) is 7.90. The molecule has 1 aromatic heterocycles. The van der Waals surface area contributed by atoms with Crippen molar-refractivity contribution in [3.63, 3.8) is 0 Å². The Morgan fingerprint density at radius 2 is 1.39 bits per heavy atom. The van der Waals surface area contributed by atoms with Crippen LogP contribution < -0.4 is 10.6 Å². The molecular formula is C32H30ClN3O2. The lowest BCUT2D eigenvalue weighted by Crippen LogP contribution is -2.51. The van der Waals surface area contributed by atoms with E-state index in [1.165, 1.54) is 19.3 Å². The number of anilines is 2. The summed E-state index contributed by atoms with van der Waals surface area (Å²) in [7, 11) is 0. The van der Waals surface area contributed by atoms with Gasteiger partial charge in [-0.3, -0.25) is 9.59 Å². The Balaban J connectivity index is 1.05. The Bertz CT molecular complexity index is 1500. The van der Waals surface area contributed by atoms with Crippen LogP contribution >= 0.6 is 11.6 Å². The monoisotopic (exact) mass is 523 g/mol. The highest BCUT2D eigenvalue weighted by molar-refractivity contribution is 6.30. The van der Waals surface area contributed by atoms with E-state index in [9.17, 15) is 9.59 Å². The van der Waals surface area contributed by atoms with Gasteiger partial charge >= 0.3 is 0 Å². The van der Waals surface area contributed by atoms with Crippen LogP contribution in [0.15, 0.2) is 72.8 Å². The van der Waals surface area contributed by atoms with Crippen LogP contribution in [0.5, 0.6) is 0 Å². The molecule has 2 amide bonds. The van der Waals surface area contributed by atoms with E-state index < -0.39 is 0 Å². The SMILES string of the molecule is O=C(Nc1ccc(-c2cc3cc(NC(=O)C45CC6CC(CC(C6)C4)C5)ccc3[nH]2)cc1)c1ccc(Cl)cc1. The fourth-order valence-corrected chi connectivity index (χ4v) is 7.68. The molecule has 0 radical (unpaired) electrons. The second-order valence-electron chi connectivity index (χ2n) is 11.7. The molecule has 0 aliphatic heterocycles. The molecule has 0 saturated heterocycles. The Morgan fingerprint density at radius 1 is 0.763 bits per heavy atom. The summed E-state index contributed by atoms with van der Waals surface area (Å²) in [6, 6.07) is 22.8. The molecule has 5 nitrogen and oxygen atoms in total. The number of hydrogen-bond acceptors (Lipinski definition) is 2. The van der Waals surface area contributed by atoms with Gasteiger partial charge < -0.3 is 15.6 Å². The van der Waals surface area contributed by atoms with E-state index in [0.29, 0.717) is 10.6 Å². The summed E-state index contributed by atoms with van der Waals surface area (Å²) in [6.45, 7) is 0. The Hall–Kier alpha value is -3.57. The van der Waals surface area contributed by atoms with Gasteiger partial charge in [-0.05, 0) is 123 Å². The van der Waals surface area contributed by atoms with Gasteiger partial charge in [-0.1, -0.05) is 23.7 Å². The molecule has 6 heteroatoms. The lowest BCUT2D eigenvalue weighted by atomic mass is 9.49. The van der Waals surface area contributed by atoms with Crippen LogP contribution in [0, 0.1) is 23.2 Å². The van der Waals surface area contributed by atoms with E-state index in [2.05, 4.69) is 27.8 Å². The van der Waals surface area contributed by atoms with Gasteiger partial charge in [-0.25, -0.2) is 0 Å². The number of halogens is 1. The molecule has 38 heavy (non-hydrogen) atoms. The molecule has 4 saturated carbocycles. The normalized spacial score (nSPS) is 25.4. The second-order valence-corrected chi connectivity index (χ2v) is 12.1. The standard InChI is InChI=1S/C32H30ClN3O2/c33-25-5-1-23(2-6-25)30(37)34-26-7-3-22(4-8-26)29-15-24-14-27(9-10-28(24)36-29)35-31(38)32-16-19-11-20(17-32)13-21(12-19)18-32/h1-10,14-15,19-21,36H,11-13,16-18H2,(H,34,37)(H,35,38). The third-order valence-corrected chi connectivity index (χ3v) is 9.21. The lowest BCUT2D eigenvalue weighted by Gasteiger charge is -2.55. The summed E-state index contributed by atoms with van der Waals surface area (Å²) in [6.07, 6.45) is 7.20. The average molecular weight is 524 g/mol. The zero-order valence-corrected chi connectivity index (χ0v) is 21.9. The summed E-state index contributed by atoms with van der Waals surface area (Å²) in [4.78, 5) is 29.5. The summed E-state index contributed by atoms with van der Waals surface area (Å²) in [5.74, 6) is 2.29. The molecule has 4 bridgehead atoms. The van der Waals surface area contributed by atoms with Crippen molar-refractivity contribution in [2.45, 2.75) is 38.5 Å². The second kappa shape index (κ2) is 9.02. The minimum Gasteiger partial charge on any atom is -0.355 e. The summed E-state index contributed by atoms with van der Waals surface area (Å²) in [5, 5.41) is 7.86. The number of nitrogens with one attached hydrogen (secondary N) is 3. The van der Waals surface area contributed by atoms with Crippen molar-refractivity contribution in [3.8, 4) is 11.3 Å². The molecule has 0 unspecified atom stereocenters. The summed E-state index contributed by atoms with van der Waals surface area (Å²) < 4.78 is 0. The molecule has 0 atom stereocenters. The molecule has 3 N–H and O–H groups in total. The van der Waals surface area contributed by atoms with Gasteiger partial charge in [0.1, 0.15) is 0 Å². The zero-order chi connectivity index (χ0) is 25.9. The van der Waals surface area contributed by atoms with Crippen LogP contribution in [0.2, 0.25) is 5.02 Å². The Labute approximate surface area is 227 Å². The van der Waals surface area contributed by atoms with E-state index in [1.807, 2.05) is 36.4 Å². The third-order valence-electron chi connectivity index (χ3n) is 8.96. The van der Waals surface area contributed by atoms with Crippen LogP contribution in [0.25, 0.3) is 22.2 Å². The van der Waals surface area contributed by atoms with Crippen molar-refractivity contribution in [3.05, 3.63) is 83.4 Å². The van der Waals surface area contributed by atoms with Gasteiger partial charge in [-0.15, -0.1) is 0 Å². The first kappa shape index (κ1) is 23.5. The molecule has 8 rings (SSSR count). The van der Waals surface area contributed by atoms with Gasteiger partial charge in [0.05, 0.1) is 5.41 Å². The summed E-state index contributed by atoms with van der Waals surface area (Å²) in [5.41, 5.74) is 5.01. The zero-order valence-electron chi connectivity index (χ0n) is 21.1. The number of fused-ring (bicyclic) bond motifs is 1. The fourth-order valence-electron chi connectivity index (χ4n) is 7.56. The maximum atomic E-state index is 13.5. The molecule has 1 heterocycles. The van der Waals surface area contributed by atoms with Gasteiger partial charge in [0.25, 0.3) is 5.91 Å². The maximum Gasteiger partial charge on any atom is 0.255 e. The number of aromatic nitrogens is 1. The van der Waals surface area contributed by atoms with Crippen molar-refractivity contribution in [2.24, 2.45) is 23.2 Å². The number of benzene rings is 3. The molecular weight excluding hydrogens is 494 g/mol. The number of aromatic amines is 1. The summed E-state index contributed by atoms with van der Waals surface area (Å²) >= 11 is 5.92. The van der Waals surface area contributed by atoms with Gasteiger partial charge in [0.15, 0.2) is 0 Å². The number of carbonyl (C=O) groups excluding carboxylic acids is 2. The van der Waals surface area contributed by atoms with Crippen molar-refractivity contribution in [1.29, 1.82) is 0 Å². The van der Waals surface area contributed by atoms with Crippen LogP contribution in [0.4, 0.5) is 11.4 Å². The van der Waals surface area contributed by atoms with Crippen molar-refractivity contribution in [2.75, 3.05) is 10.6 Å². The number of hydrogen-bond donors (Lipinski definition) is 3. The lowest BCUT2D eigenvalue weighted by molar-refractivity contribution is -0.140. The number of rotatable bonds is 5. The largest absolute Gasteiger partial charge is 0.355 e. The van der Waals surface area contributed by atoms with Crippen LogP contribution in [-0.4, -0.2) is 16.8 Å². The van der Waals surface area contributed by atoms with E-state index in [0.717, 1.165) is 70.6 Å². The van der Waals surface area contributed by atoms with Gasteiger partial charge in [0, 0.05) is 38.6 Å². The van der Waals surface area contributed by atoms with E-state index >= 15 is 0 Å². The predicted molar refractivity (Wildman–Crippen MR) is 152 cm³/mol. The molecule has 192 valence electrons. The van der Waals surface area contributed by atoms with Gasteiger partial charge in [-0.2, -0.15) is 0 Å². The van der Waals surface area contributed by atoms with Crippen LogP contribution in [0.3, 0.4) is 0 Å². The number of amides is 2. The molecule has 4 aliphatic rings. The molecule has 4 fully saturated rings. The van der Waals surface area contributed by atoms with E-state index in [1.54, 1.807) is 24.3 Å². The van der Waals surface area contributed by atoms with Gasteiger partial charge in [0.2, 0.25) is 5.91 Å². The first-order chi connectivity index (χ1) is 18.4. The maximum absolute atomic E-state index is 13.5. The fraction of sp³-hybridized carbons (Fsp3) is 0.312. The highest BCUT2D eigenvalue weighted by atomic mass is 35.5. The highest BCUT2D eigenvalue weighted by Gasteiger charge is 2.54. The van der Waals surface area contributed by atoms with E-state index in [4.69, 9.17) is 11.6 Å². The highest BCUT2D eigenvalue weighted by Crippen LogP contribution is 2.60. The first-order valence-electron chi connectivity index (χ1n) is 13.5. The number of H-pyrrole nitrogens is 1. The Morgan fingerprint density at radius 3 is 2.05 bits per heavy atom. The van der Waals surface area contributed by atoms with Crippen LogP contribution in [0.1, 0.15) is 48.9 Å². The molecule has 4 aromatic rings. The molecule has 3 aromatic carbocycles. The van der Waals surface area contributed by atoms with Crippen molar-refractivity contribution < 1.29 is 9.59 Å². The average Bonchev–Trinajstić information content (AvgIpc) is 3.32. The smallest absolute Gasteiger partial charge is 0.255 e. The minimum absolute atomic E-state index is 0.155. The first-order valence-corrected chi connectivity index (χ1v) is 13.9. The van der Waals surface area contributed by atoms with E-state index in [-0.39, 0.29) is 17.2 Å². The quantitative estimate of drug-likeness (QED) is 0.249. The Kier molecular flexibility index (Phi) is 5.59.